The first-order chi connectivity index (χ1) is 14.8. The number of benzene rings is 2. The molecule has 2 aromatic rings. The summed E-state index contributed by atoms with van der Waals surface area (Å²) in [5.74, 6) is 1.02. The molecule has 0 bridgehead atoms. The Hall–Kier alpha value is -1.31. The average molecular weight is 485 g/mol. The van der Waals surface area contributed by atoms with Crippen LogP contribution >= 0.6 is 23.2 Å². The fourth-order valence-corrected chi connectivity index (χ4v) is 5.47. The van der Waals surface area contributed by atoms with Crippen LogP contribution in [0.25, 0.3) is 0 Å². The van der Waals surface area contributed by atoms with Crippen molar-refractivity contribution in [2.75, 3.05) is 18.9 Å². The number of hydrogen-bond donors (Lipinski definition) is 2. The lowest BCUT2D eigenvalue weighted by Crippen LogP contribution is -2.34. The van der Waals surface area contributed by atoms with Gasteiger partial charge in [-0.1, -0.05) is 48.7 Å². The molecule has 1 aliphatic carbocycles. The van der Waals surface area contributed by atoms with Crippen LogP contribution in [0.2, 0.25) is 10.0 Å². The maximum absolute atomic E-state index is 11.9. The summed E-state index contributed by atoms with van der Waals surface area (Å²) in [7, 11) is -3.24. The third-order valence-electron chi connectivity index (χ3n) is 5.68. The normalized spacial score (nSPS) is 18.6. The highest BCUT2D eigenvalue weighted by atomic mass is 35.5. The first-order valence-corrected chi connectivity index (χ1v) is 13.1. The van der Waals surface area contributed by atoms with Crippen LogP contribution in [0.5, 0.6) is 5.75 Å². The molecule has 3 N–H and O–H groups in total. The molecule has 0 aliphatic heterocycles. The van der Waals surface area contributed by atoms with E-state index in [1.165, 1.54) is 11.1 Å². The molecule has 0 saturated heterocycles. The second-order valence-corrected chi connectivity index (χ2v) is 10.8. The summed E-state index contributed by atoms with van der Waals surface area (Å²) in [5.41, 5.74) is 10.0. The zero-order chi connectivity index (χ0) is 22.4. The van der Waals surface area contributed by atoms with Gasteiger partial charge in [-0.05, 0) is 66.6 Å². The van der Waals surface area contributed by atoms with Gasteiger partial charge in [-0.15, -0.1) is 0 Å². The Kier molecular flexibility index (Phi) is 8.65. The van der Waals surface area contributed by atoms with E-state index in [4.69, 9.17) is 33.7 Å². The highest BCUT2D eigenvalue weighted by molar-refractivity contribution is 7.89. The Labute approximate surface area is 195 Å². The van der Waals surface area contributed by atoms with Gasteiger partial charge in [-0.25, -0.2) is 13.1 Å². The number of rotatable bonds is 10. The van der Waals surface area contributed by atoms with Crippen LogP contribution in [-0.2, 0) is 22.9 Å². The van der Waals surface area contributed by atoms with Gasteiger partial charge in [0.1, 0.15) is 12.4 Å². The smallest absolute Gasteiger partial charge is 0.211 e. The largest absolute Gasteiger partial charge is 0.492 e. The Morgan fingerprint density at radius 1 is 1.16 bits per heavy atom. The van der Waals surface area contributed by atoms with Crippen molar-refractivity contribution in [3.05, 3.63) is 63.1 Å². The van der Waals surface area contributed by atoms with Crippen LogP contribution in [0.4, 0.5) is 0 Å². The summed E-state index contributed by atoms with van der Waals surface area (Å²) in [4.78, 5) is 0. The van der Waals surface area contributed by atoms with Gasteiger partial charge in [0.05, 0.1) is 15.8 Å². The molecule has 0 aromatic heterocycles. The van der Waals surface area contributed by atoms with Crippen LogP contribution in [0.15, 0.2) is 36.4 Å². The van der Waals surface area contributed by atoms with Crippen molar-refractivity contribution in [3.8, 4) is 5.75 Å². The van der Waals surface area contributed by atoms with E-state index in [1.807, 2.05) is 37.3 Å². The van der Waals surface area contributed by atoms with Crippen LogP contribution in [0.3, 0.4) is 0 Å². The number of nitrogens with two attached hydrogens (primary N) is 1. The summed E-state index contributed by atoms with van der Waals surface area (Å²) in [5, 5.41) is 1.09. The van der Waals surface area contributed by atoms with Crippen molar-refractivity contribution in [2.45, 2.75) is 51.0 Å². The molecule has 0 spiro atoms. The second kappa shape index (κ2) is 11.0. The number of aryl methyl sites for hydroxylation is 1. The molecule has 3 rings (SSSR count). The molecule has 0 amide bonds. The predicted octanol–water partition coefficient (Wildman–Crippen LogP) is 4.69. The quantitative estimate of drug-likeness (QED) is 0.479. The minimum absolute atomic E-state index is 0.0441. The van der Waals surface area contributed by atoms with Gasteiger partial charge < -0.3 is 10.5 Å². The van der Waals surface area contributed by atoms with Crippen molar-refractivity contribution in [1.29, 1.82) is 0 Å². The molecule has 5 nitrogen and oxygen atoms in total. The molecule has 0 fully saturated rings. The minimum atomic E-state index is -3.24. The van der Waals surface area contributed by atoms with E-state index >= 15 is 0 Å². The van der Waals surface area contributed by atoms with E-state index in [9.17, 15) is 8.42 Å². The number of halogens is 2. The zero-order valence-electron chi connectivity index (χ0n) is 17.7. The van der Waals surface area contributed by atoms with Crippen LogP contribution in [-0.4, -0.2) is 33.4 Å². The van der Waals surface area contributed by atoms with Crippen molar-refractivity contribution in [3.63, 3.8) is 0 Å². The first kappa shape index (κ1) is 24.3. The Balaban J connectivity index is 1.66. The molecule has 0 radical (unpaired) electrons. The molecular weight excluding hydrogens is 455 g/mol. The van der Waals surface area contributed by atoms with Crippen molar-refractivity contribution in [1.82, 2.24) is 4.72 Å². The molecule has 2 atom stereocenters. The molecule has 31 heavy (non-hydrogen) atoms. The van der Waals surface area contributed by atoms with Crippen molar-refractivity contribution >= 4 is 33.2 Å². The van der Waals surface area contributed by atoms with E-state index in [2.05, 4.69) is 10.8 Å². The molecule has 8 heteroatoms. The molecule has 0 saturated carbocycles. The lowest BCUT2D eigenvalue weighted by molar-refractivity contribution is 0.321. The number of nitrogens with one attached hydrogen (secondary N) is 1. The van der Waals surface area contributed by atoms with Gasteiger partial charge >= 0.3 is 0 Å². The van der Waals surface area contributed by atoms with Gasteiger partial charge in [0.15, 0.2) is 0 Å². The molecule has 170 valence electrons. The van der Waals surface area contributed by atoms with Gasteiger partial charge in [0, 0.05) is 18.5 Å². The summed E-state index contributed by atoms with van der Waals surface area (Å²) < 4.78 is 32.2. The standard InChI is InChI=1S/C23H30Cl2N2O3S/c1-2-3-12-31(28,29)27-10-11-30-18-7-5-17-6-9-23(26)20(19(17)15-18)13-16-4-8-21(24)22(25)14-16/h4-5,7-8,14-15,20,23,27H,2-3,6,9-13,26H2,1H3/t20-,23+/m1/s1. The summed E-state index contributed by atoms with van der Waals surface area (Å²) in [6.45, 7) is 2.48. The summed E-state index contributed by atoms with van der Waals surface area (Å²) in [6, 6.07) is 11.8. The van der Waals surface area contributed by atoms with E-state index in [-0.39, 0.29) is 30.9 Å². The Bertz CT molecular complexity index is 998. The maximum Gasteiger partial charge on any atom is 0.211 e. The minimum Gasteiger partial charge on any atom is -0.492 e. The molecule has 2 aromatic carbocycles. The van der Waals surface area contributed by atoms with Crippen LogP contribution in [0.1, 0.15) is 48.8 Å². The van der Waals surface area contributed by atoms with E-state index < -0.39 is 10.0 Å². The third kappa shape index (κ3) is 6.83. The molecule has 0 unspecified atom stereocenters. The average Bonchev–Trinajstić information content (AvgIpc) is 2.74. The lowest BCUT2D eigenvalue weighted by Gasteiger charge is -2.32. The highest BCUT2D eigenvalue weighted by Crippen LogP contribution is 2.36. The van der Waals surface area contributed by atoms with Crippen LogP contribution < -0.4 is 15.2 Å². The lowest BCUT2D eigenvalue weighted by atomic mass is 9.76. The predicted molar refractivity (Wildman–Crippen MR) is 128 cm³/mol. The van der Waals surface area contributed by atoms with Gasteiger partial charge in [-0.3, -0.25) is 0 Å². The number of unbranched alkanes of at least 4 members (excludes halogenated alkanes) is 1. The zero-order valence-corrected chi connectivity index (χ0v) is 20.1. The third-order valence-corrected chi connectivity index (χ3v) is 7.89. The Morgan fingerprint density at radius 2 is 1.97 bits per heavy atom. The molecule has 1 aliphatic rings. The van der Waals surface area contributed by atoms with Gasteiger partial charge in [-0.2, -0.15) is 0 Å². The van der Waals surface area contributed by atoms with E-state index in [1.54, 1.807) is 0 Å². The van der Waals surface area contributed by atoms with Gasteiger partial charge in [0.2, 0.25) is 10.0 Å². The Morgan fingerprint density at radius 3 is 2.71 bits per heavy atom. The highest BCUT2D eigenvalue weighted by Gasteiger charge is 2.28. The van der Waals surface area contributed by atoms with Crippen molar-refractivity contribution in [2.24, 2.45) is 5.73 Å². The topological polar surface area (TPSA) is 81.4 Å². The van der Waals surface area contributed by atoms with Crippen molar-refractivity contribution < 1.29 is 13.2 Å². The maximum atomic E-state index is 11.9. The van der Waals surface area contributed by atoms with E-state index in [0.717, 1.165) is 37.0 Å². The first-order valence-electron chi connectivity index (χ1n) is 10.7. The second-order valence-electron chi connectivity index (χ2n) is 8.04. The number of fused-ring (bicyclic) bond motifs is 1. The van der Waals surface area contributed by atoms with Gasteiger partial charge in [0.25, 0.3) is 0 Å². The molecular formula is C23H30Cl2N2O3S. The fraction of sp³-hybridized carbons (Fsp3) is 0.478. The number of ether oxygens (including phenoxy) is 1. The number of hydrogen-bond acceptors (Lipinski definition) is 4. The summed E-state index contributed by atoms with van der Waals surface area (Å²) in [6.07, 6.45) is 4.13. The number of sulfonamides is 1. The SMILES string of the molecule is CCCCS(=O)(=O)NCCOc1ccc2c(c1)[C@@H](Cc1ccc(Cl)c(Cl)c1)[C@@H](N)CC2. The van der Waals surface area contributed by atoms with Crippen LogP contribution in [0, 0.1) is 0 Å². The van der Waals surface area contributed by atoms with E-state index in [0.29, 0.717) is 16.5 Å². The monoisotopic (exact) mass is 484 g/mol. The molecule has 0 heterocycles. The fourth-order valence-electron chi connectivity index (χ4n) is 3.94. The summed E-state index contributed by atoms with van der Waals surface area (Å²) >= 11 is 12.2.